The average Bonchev–Trinajstić information content (AvgIpc) is 2.69. The molecule has 0 spiro atoms. The molecule has 2 rings (SSSR count). The van der Waals surface area contributed by atoms with Gasteiger partial charge in [-0.3, -0.25) is 0 Å². The smallest absolute Gasteiger partial charge is 0.317 e. The van der Waals surface area contributed by atoms with Crippen molar-refractivity contribution in [3.05, 3.63) is 0 Å². The third kappa shape index (κ3) is 5.15. The van der Waals surface area contributed by atoms with Crippen LogP contribution < -0.4 is 11.1 Å². The van der Waals surface area contributed by atoms with Gasteiger partial charge in [-0.25, -0.2) is 4.79 Å². The number of hydrogen-bond donors (Lipinski definition) is 2. The molecule has 122 valence electrons. The Balaban J connectivity index is 1.78. The largest absolute Gasteiger partial charge is 0.375 e. The van der Waals surface area contributed by atoms with E-state index in [1.165, 1.54) is 25.7 Å². The fourth-order valence-corrected chi connectivity index (χ4v) is 3.59. The number of nitrogens with one attached hydrogen (secondary N) is 1. The van der Waals surface area contributed by atoms with Crippen LogP contribution in [0, 0.1) is 11.3 Å². The Morgan fingerprint density at radius 3 is 2.95 bits per heavy atom. The van der Waals surface area contributed by atoms with E-state index >= 15 is 0 Å². The average molecular weight is 297 g/mol. The first-order chi connectivity index (χ1) is 10.00. The molecule has 1 aliphatic heterocycles. The molecule has 0 aromatic rings. The highest BCUT2D eigenvalue weighted by Gasteiger charge is 2.28. The number of carbonyl (C=O) groups is 1. The van der Waals surface area contributed by atoms with Crippen molar-refractivity contribution >= 4 is 6.03 Å². The minimum absolute atomic E-state index is 0.0214. The summed E-state index contributed by atoms with van der Waals surface area (Å²) in [5.41, 5.74) is 6.10. The van der Waals surface area contributed by atoms with Gasteiger partial charge >= 0.3 is 6.03 Å². The number of rotatable bonds is 3. The first kappa shape index (κ1) is 16.6. The van der Waals surface area contributed by atoms with Gasteiger partial charge in [-0.05, 0) is 37.0 Å². The molecule has 0 bridgehead atoms. The molecule has 2 unspecified atom stereocenters. The SMILES string of the molecule is CC1(C)CCCC(CNC(=O)N2CCCOC(CN)C2)C1. The molecule has 21 heavy (non-hydrogen) atoms. The molecule has 3 N–H and O–H groups in total. The predicted molar refractivity (Wildman–Crippen MR) is 84.1 cm³/mol. The van der Waals surface area contributed by atoms with Crippen LogP contribution >= 0.6 is 0 Å². The van der Waals surface area contributed by atoms with Crippen LogP contribution in [0.5, 0.6) is 0 Å². The van der Waals surface area contributed by atoms with Crippen molar-refractivity contribution in [3.63, 3.8) is 0 Å². The Hall–Kier alpha value is -0.810. The lowest BCUT2D eigenvalue weighted by molar-refractivity contribution is 0.0638. The molecule has 0 aromatic carbocycles. The number of amides is 2. The van der Waals surface area contributed by atoms with E-state index in [0.717, 1.165) is 19.5 Å². The normalized spacial score (nSPS) is 29.8. The molecule has 1 saturated carbocycles. The highest BCUT2D eigenvalue weighted by Crippen LogP contribution is 2.38. The summed E-state index contributed by atoms with van der Waals surface area (Å²) in [6.07, 6.45) is 5.90. The van der Waals surface area contributed by atoms with Gasteiger partial charge in [-0.15, -0.1) is 0 Å². The summed E-state index contributed by atoms with van der Waals surface area (Å²) in [6, 6.07) is 0.0438. The Labute approximate surface area is 128 Å². The molecule has 2 amide bonds. The first-order valence-electron chi connectivity index (χ1n) is 8.34. The number of ether oxygens (including phenoxy) is 1. The quantitative estimate of drug-likeness (QED) is 0.837. The van der Waals surface area contributed by atoms with E-state index in [9.17, 15) is 4.79 Å². The summed E-state index contributed by atoms with van der Waals surface area (Å²) in [7, 11) is 0. The van der Waals surface area contributed by atoms with Gasteiger partial charge in [0.2, 0.25) is 0 Å². The van der Waals surface area contributed by atoms with Crippen LogP contribution in [0.2, 0.25) is 0 Å². The van der Waals surface area contributed by atoms with Gasteiger partial charge in [-0.1, -0.05) is 20.3 Å². The summed E-state index contributed by atoms with van der Waals surface area (Å²) in [4.78, 5) is 14.2. The lowest BCUT2D eigenvalue weighted by Gasteiger charge is -2.35. The van der Waals surface area contributed by atoms with Crippen molar-refractivity contribution in [2.75, 3.05) is 32.8 Å². The fourth-order valence-electron chi connectivity index (χ4n) is 3.59. The van der Waals surface area contributed by atoms with E-state index in [1.54, 1.807) is 0 Å². The number of nitrogens with zero attached hydrogens (tertiary/aromatic N) is 1. The molecule has 1 aliphatic carbocycles. The summed E-state index contributed by atoms with van der Waals surface area (Å²) < 4.78 is 5.61. The Kier molecular flexibility index (Phi) is 5.88. The monoisotopic (exact) mass is 297 g/mol. The Morgan fingerprint density at radius 2 is 2.24 bits per heavy atom. The van der Waals surface area contributed by atoms with E-state index < -0.39 is 0 Å². The molecule has 0 radical (unpaired) electrons. The van der Waals surface area contributed by atoms with Crippen LogP contribution in [-0.4, -0.2) is 49.8 Å². The molecule has 0 aromatic heterocycles. The second kappa shape index (κ2) is 7.45. The van der Waals surface area contributed by atoms with Gasteiger partial charge in [0, 0.05) is 32.8 Å². The molecule has 2 fully saturated rings. The van der Waals surface area contributed by atoms with Crippen LogP contribution in [0.15, 0.2) is 0 Å². The van der Waals surface area contributed by atoms with E-state index in [4.69, 9.17) is 10.5 Å². The second-order valence-corrected chi connectivity index (χ2v) is 7.34. The first-order valence-corrected chi connectivity index (χ1v) is 8.34. The molecule has 5 heteroatoms. The molecular weight excluding hydrogens is 266 g/mol. The molecular formula is C16H31N3O2. The zero-order valence-electron chi connectivity index (χ0n) is 13.6. The van der Waals surface area contributed by atoms with Crippen LogP contribution in [-0.2, 0) is 4.74 Å². The summed E-state index contributed by atoms with van der Waals surface area (Å²) in [5, 5.41) is 3.12. The van der Waals surface area contributed by atoms with Crippen molar-refractivity contribution < 1.29 is 9.53 Å². The lowest BCUT2D eigenvalue weighted by atomic mass is 9.72. The summed E-state index contributed by atoms with van der Waals surface area (Å²) in [6.45, 7) is 8.00. The van der Waals surface area contributed by atoms with Gasteiger partial charge in [-0.2, -0.15) is 0 Å². The third-order valence-corrected chi connectivity index (χ3v) is 4.75. The number of nitrogens with two attached hydrogens (primary N) is 1. The van der Waals surface area contributed by atoms with Crippen LogP contribution in [0.1, 0.15) is 46.0 Å². The van der Waals surface area contributed by atoms with E-state index in [2.05, 4.69) is 19.2 Å². The van der Waals surface area contributed by atoms with Gasteiger partial charge < -0.3 is 20.7 Å². The molecule has 2 aliphatic rings. The van der Waals surface area contributed by atoms with Gasteiger partial charge in [0.05, 0.1) is 6.10 Å². The van der Waals surface area contributed by atoms with Gasteiger partial charge in [0.1, 0.15) is 0 Å². The minimum Gasteiger partial charge on any atom is -0.375 e. The van der Waals surface area contributed by atoms with E-state index in [-0.39, 0.29) is 12.1 Å². The summed E-state index contributed by atoms with van der Waals surface area (Å²) >= 11 is 0. The molecule has 5 nitrogen and oxygen atoms in total. The van der Waals surface area contributed by atoms with E-state index in [0.29, 0.717) is 31.0 Å². The van der Waals surface area contributed by atoms with Crippen molar-refractivity contribution in [2.24, 2.45) is 17.1 Å². The third-order valence-electron chi connectivity index (χ3n) is 4.75. The number of hydrogen-bond acceptors (Lipinski definition) is 3. The molecule has 1 saturated heterocycles. The maximum Gasteiger partial charge on any atom is 0.317 e. The Bertz CT molecular complexity index is 346. The van der Waals surface area contributed by atoms with Crippen LogP contribution in [0.4, 0.5) is 4.79 Å². The van der Waals surface area contributed by atoms with Crippen molar-refractivity contribution in [2.45, 2.75) is 52.1 Å². The summed E-state index contributed by atoms with van der Waals surface area (Å²) in [5.74, 6) is 0.617. The van der Waals surface area contributed by atoms with Gasteiger partial charge in [0.15, 0.2) is 0 Å². The van der Waals surface area contributed by atoms with Gasteiger partial charge in [0.25, 0.3) is 0 Å². The Morgan fingerprint density at radius 1 is 1.43 bits per heavy atom. The minimum atomic E-state index is -0.0214. The standard InChI is InChI=1S/C16H31N3O2/c1-16(2)6-3-5-13(9-16)11-18-15(20)19-7-4-8-21-14(10-17)12-19/h13-14H,3-12,17H2,1-2H3,(H,18,20). The second-order valence-electron chi connectivity index (χ2n) is 7.34. The maximum absolute atomic E-state index is 12.3. The number of urea groups is 1. The van der Waals surface area contributed by atoms with Crippen LogP contribution in [0.3, 0.4) is 0 Å². The topological polar surface area (TPSA) is 67.6 Å². The highest BCUT2D eigenvalue weighted by atomic mass is 16.5. The van der Waals surface area contributed by atoms with Crippen molar-refractivity contribution in [1.29, 1.82) is 0 Å². The maximum atomic E-state index is 12.3. The van der Waals surface area contributed by atoms with Crippen molar-refractivity contribution in [3.8, 4) is 0 Å². The fraction of sp³-hybridized carbons (Fsp3) is 0.938. The zero-order valence-corrected chi connectivity index (χ0v) is 13.6. The van der Waals surface area contributed by atoms with Crippen molar-refractivity contribution in [1.82, 2.24) is 10.2 Å². The highest BCUT2D eigenvalue weighted by molar-refractivity contribution is 5.74. The zero-order chi connectivity index (χ0) is 15.3. The molecule has 2 atom stereocenters. The van der Waals surface area contributed by atoms with Crippen LogP contribution in [0.25, 0.3) is 0 Å². The number of carbonyl (C=O) groups excluding carboxylic acids is 1. The molecule has 1 heterocycles. The lowest BCUT2D eigenvalue weighted by Crippen LogP contribution is -2.46. The van der Waals surface area contributed by atoms with E-state index in [1.807, 2.05) is 4.90 Å². The predicted octanol–water partition coefficient (Wildman–Crippen LogP) is 1.96.